The lowest BCUT2D eigenvalue weighted by atomic mass is 10.1. The van der Waals surface area contributed by atoms with E-state index in [0.29, 0.717) is 30.0 Å². The predicted molar refractivity (Wildman–Crippen MR) is 102 cm³/mol. The fraction of sp³-hybridized carbons (Fsp3) is 0.400. The Morgan fingerprint density at radius 1 is 1.15 bits per heavy atom. The van der Waals surface area contributed by atoms with Crippen LogP contribution in [0.25, 0.3) is 0 Å². The van der Waals surface area contributed by atoms with Gasteiger partial charge in [-0.2, -0.15) is 0 Å². The summed E-state index contributed by atoms with van der Waals surface area (Å²) in [7, 11) is 3.17. The number of anilines is 2. The molecule has 0 radical (unpaired) electrons. The van der Waals surface area contributed by atoms with Crippen LogP contribution < -0.4 is 19.7 Å². The Hall–Kier alpha value is -2.76. The lowest BCUT2D eigenvalue weighted by molar-refractivity contribution is -0.116. The third kappa shape index (κ3) is 4.45. The van der Waals surface area contributed by atoms with Crippen molar-refractivity contribution in [2.45, 2.75) is 25.7 Å². The van der Waals surface area contributed by atoms with Gasteiger partial charge in [0, 0.05) is 31.8 Å². The molecule has 1 N–H and O–H groups in total. The van der Waals surface area contributed by atoms with Gasteiger partial charge in [-0.05, 0) is 49.1 Å². The molecule has 1 amide bonds. The van der Waals surface area contributed by atoms with Crippen LogP contribution in [0.5, 0.6) is 11.5 Å². The summed E-state index contributed by atoms with van der Waals surface area (Å²) in [5.41, 5.74) is 1.77. The van der Waals surface area contributed by atoms with Crippen molar-refractivity contribution in [3.63, 3.8) is 0 Å². The van der Waals surface area contributed by atoms with Gasteiger partial charge in [0.25, 0.3) is 0 Å². The molecule has 6 heteroatoms. The van der Waals surface area contributed by atoms with Crippen LogP contribution in [0.3, 0.4) is 0 Å². The van der Waals surface area contributed by atoms with Gasteiger partial charge in [-0.15, -0.1) is 0 Å². The number of rotatable bonds is 7. The molecule has 6 nitrogen and oxygen atoms in total. The summed E-state index contributed by atoms with van der Waals surface area (Å²) in [6, 6.07) is 9.39. The van der Waals surface area contributed by atoms with Gasteiger partial charge < -0.3 is 19.7 Å². The summed E-state index contributed by atoms with van der Waals surface area (Å²) in [5, 5.41) is 2.91. The van der Waals surface area contributed by atoms with Crippen molar-refractivity contribution in [1.29, 1.82) is 0 Å². The molecule has 0 bridgehead atoms. The van der Waals surface area contributed by atoms with Crippen molar-refractivity contribution in [2.75, 3.05) is 37.5 Å². The van der Waals surface area contributed by atoms with Crippen molar-refractivity contribution < 1.29 is 14.3 Å². The number of nitrogens with zero attached hydrogens (tertiary/aromatic N) is 2. The number of hydrogen-bond donors (Lipinski definition) is 1. The van der Waals surface area contributed by atoms with Crippen LogP contribution in [0, 0.1) is 0 Å². The van der Waals surface area contributed by atoms with E-state index in [1.807, 2.05) is 12.3 Å². The molecule has 1 saturated heterocycles. The molecule has 2 aromatic rings. The highest BCUT2D eigenvalue weighted by atomic mass is 16.5. The van der Waals surface area contributed by atoms with Crippen LogP contribution >= 0.6 is 0 Å². The molecule has 0 atom stereocenters. The number of aromatic nitrogens is 1. The van der Waals surface area contributed by atoms with E-state index in [-0.39, 0.29) is 5.91 Å². The minimum atomic E-state index is -0.0481. The SMILES string of the molecule is COc1ccc(NC(=O)CCc2ccnc(N3CCCC3)c2)c(OC)c1. The molecule has 0 saturated carbocycles. The topological polar surface area (TPSA) is 63.7 Å². The summed E-state index contributed by atoms with van der Waals surface area (Å²) in [6.45, 7) is 2.13. The molecule has 0 aliphatic carbocycles. The zero-order chi connectivity index (χ0) is 18.4. The number of carbonyl (C=O) groups is 1. The van der Waals surface area contributed by atoms with E-state index < -0.39 is 0 Å². The molecule has 0 unspecified atom stereocenters. The van der Waals surface area contributed by atoms with Crippen LogP contribution in [0.4, 0.5) is 11.5 Å². The summed E-state index contributed by atoms with van der Waals surface area (Å²) < 4.78 is 10.5. The Kier molecular flexibility index (Phi) is 5.94. The van der Waals surface area contributed by atoms with Crippen LogP contribution in [0.2, 0.25) is 0 Å². The number of methoxy groups -OCH3 is 2. The highest BCUT2D eigenvalue weighted by molar-refractivity contribution is 5.92. The molecule has 1 aliphatic heterocycles. The van der Waals surface area contributed by atoms with Gasteiger partial charge in [-0.3, -0.25) is 4.79 Å². The molecule has 138 valence electrons. The second-order valence-corrected chi connectivity index (χ2v) is 6.33. The number of benzene rings is 1. The Bertz CT molecular complexity index is 758. The van der Waals surface area contributed by atoms with E-state index in [1.54, 1.807) is 32.4 Å². The van der Waals surface area contributed by atoms with Crippen molar-refractivity contribution >= 4 is 17.4 Å². The van der Waals surface area contributed by atoms with Crippen LogP contribution in [-0.2, 0) is 11.2 Å². The van der Waals surface area contributed by atoms with E-state index in [2.05, 4.69) is 21.3 Å². The first-order valence-electron chi connectivity index (χ1n) is 8.91. The molecule has 26 heavy (non-hydrogen) atoms. The molecule has 2 heterocycles. The fourth-order valence-corrected chi connectivity index (χ4v) is 3.11. The Balaban J connectivity index is 1.58. The largest absolute Gasteiger partial charge is 0.497 e. The number of ether oxygens (including phenoxy) is 2. The second-order valence-electron chi connectivity index (χ2n) is 6.33. The zero-order valence-electron chi connectivity index (χ0n) is 15.3. The van der Waals surface area contributed by atoms with Gasteiger partial charge in [0.1, 0.15) is 17.3 Å². The molecule has 1 aromatic carbocycles. The number of hydrogen-bond acceptors (Lipinski definition) is 5. The number of nitrogens with one attached hydrogen (secondary N) is 1. The van der Waals surface area contributed by atoms with E-state index in [9.17, 15) is 4.79 Å². The number of aryl methyl sites for hydroxylation is 1. The van der Waals surface area contributed by atoms with E-state index in [0.717, 1.165) is 24.5 Å². The van der Waals surface area contributed by atoms with E-state index in [1.165, 1.54) is 12.8 Å². The van der Waals surface area contributed by atoms with Crippen LogP contribution in [0.1, 0.15) is 24.8 Å². The molecule has 3 rings (SSSR count). The highest BCUT2D eigenvalue weighted by Crippen LogP contribution is 2.29. The second kappa shape index (κ2) is 8.56. The third-order valence-electron chi connectivity index (χ3n) is 4.56. The summed E-state index contributed by atoms with van der Waals surface area (Å²) in [6.07, 6.45) is 5.34. The average Bonchev–Trinajstić information content (AvgIpc) is 3.22. The monoisotopic (exact) mass is 355 g/mol. The number of carbonyl (C=O) groups excluding carboxylic acids is 1. The fourth-order valence-electron chi connectivity index (χ4n) is 3.11. The van der Waals surface area contributed by atoms with Gasteiger partial charge >= 0.3 is 0 Å². The molecular weight excluding hydrogens is 330 g/mol. The Morgan fingerprint density at radius 2 is 1.96 bits per heavy atom. The smallest absolute Gasteiger partial charge is 0.224 e. The molecular formula is C20H25N3O3. The van der Waals surface area contributed by atoms with E-state index in [4.69, 9.17) is 9.47 Å². The lowest BCUT2D eigenvalue weighted by Gasteiger charge is -2.16. The summed E-state index contributed by atoms with van der Waals surface area (Å²) >= 11 is 0. The molecule has 1 aliphatic rings. The van der Waals surface area contributed by atoms with Crippen LogP contribution in [-0.4, -0.2) is 38.2 Å². The van der Waals surface area contributed by atoms with E-state index >= 15 is 0 Å². The van der Waals surface area contributed by atoms with Gasteiger partial charge in [0.2, 0.25) is 5.91 Å². The molecule has 1 aromatic heterocycles. The van der Waals surface area contributed by atoms with Gasteiger partial charge in [-0.1, -0.05) is 0 Å². The first kappa shape index (κ1) is 18.0. The first-order valence-corrected chi connectivity index (χ1v) is 8.91. The molecule has 0 spiro atoms. The standard InChI is InChI=1S/C20H25N3O3/c1-25-16-6-7-17(18(14-16)26-2)22-20(24)8-5-15-9-10-21-19(13-15)23-11-3-4-12-23/h6-7,9-10,13-14H,3-5,8,11-12H2,1-2H3,(H,22,24). The first-order chi connectivity index (χ1) is 12.7. The highest BCUT2D eigenvalue weighted by Gasteiger charge is 2.14. The number of pyridine rings is 1. The van der Waals surface area contributed by atoms with Crippen LogP contribution in [0.15, 0.2) is 36.5 Å². The maximum atomic E-state index is 12.3. The average molecular weight is 355 g/mol. The van der Waals surface area contributed by atoms with Crippen molar-refractivity contribution in [1.82, 2.24) is 4.98 Å². The summed E-state index contributed by atoms with van der Waals surface area (Å²) in [5.74, 6) is 2.23. The summed E-state index contributed by atoms with van der Waals surface area (Å²) in [4.78, 5) is 19.1. The molecule has 1 fully saturated rings. The van der Waals surface area contributed by atoms with Gasteiger partial charge in [0.05, 0.1) is 19.9 Å². The van der Waals surface area contributed by atoms with Crippen molar-refractivity contribution in [2.24, 2.45) is 0 Å². The Morgan fingerprint density at radius 3 is 2.69 bits per heavy atom. The quantitative estimate of drug-likeness (QED) is 0.826. The van der Waals surface area contributed by atoms with Crippen molar-refractivity contribution in [3.05, 3.63) is 42.1 Å². The minimum absolute atomic E-state index is 0.0481. The third-order valence-corrected chi connectivity index (χ3v) is 4.56. The van der Waals surface area contributed by atoms with Gasteiger partial charge in [0.15, 0.2) is 0 Å². The Labute approximate surface area is 154 Å². The zero-order valence-corrected chi connectivity index (χ0v) is 15.3. The maximum absolute atomic E-state index is 12.3. The predicted octanol–water partition coefficient (Wildman–Crippen LogP) is 3.27. The number of amides is 1. The van der Waals surface area contributed by atoms with Gasteiger partial charge in [-0.25, -0.2) is 4.98 Å². The van der Waals surface area contributed by atoms with Crippen molar-refractivity contribution in [3.8, 4) is 11.5 Å². The minimum Gasteiger partial charge on any atom is -0.497 e. The normalized spacial score (nSPS) is 13.5. The lowest BCUT2D eigenvalue weighted by Crippen LogP contribution is -2.19. The maximum Gasteiger partial charge on any atom is 0.224 e.